The van der Waals surface area contributed by atoms with Crippen molar-refractivity contribution >= 4 is 17.4 Å². The van der Waals surface area contributed by atoms with Crippen molar-refractivity contribution in [3.63, 3.8) is 0 Å². The highest BCUT2D eigenvalue weighted by Crippen LogP contribution is 2.32. The average molecular weight is 398 g/mol. The van der Waals surface area contributed by atoms with Gasteiger partial charge in [0.2, 0.25) is 5.89 Å². The molecule has 0 spiro atoms. The number of halogens is 1. The number of oxazole rings is 1. The third-order valence-corrected chi connectivity index (χ3v) is 4.62. The topological polar surface area (TPSA) is 63.3 Å². The molecule has 0 bridgehead atoms. The van der Waals surface area contributed by atoms with Gasteiger partial charge in [-0.3, -0.25) is 4.79 Å². The first-order valence-electron chi connectivity index (χ1n) is 9.43. The van der Waals surface area contributed by atoms with E-state index in [2.05, 4.69) is 4.98 Å². The van der Waals surface area contributed by atoms with Gasteiger partial charge < -0.3 is 9.52 Å². The fraction of sp³-hybridized carbons (Fsp3) is 0.304. The van der Waals surface area contributed by atoms with Gasteiger partial charge in [-0.2, -0.15) is 0 Å². The van der Waals surface area contributed by atoms with Gasteiger partial charge in [0.25, 0.3) is 0 Å². The Balaban J connectivity index is 1.98. The van der Waals surface area contributed by atoms with E-state index in [-0.39, 0.29) is 18.8 Å². The zero-order chi connectivity index (χ0) is 20.1. The number of carbonyl (C=O) groups excluding carboxylic acids is 1. The summed E-state index contributed by atoms with van der Waals surface area (Å²) in [5, 5.41) is 9.67. The van der Waals surface area contributed by atoms with Crippen LogP contribution in [0.3, 0.4) is 0 Å². The number of aliphatic hydroxyl groups excluding tert-OH is 1. The second kappa shape index (κ2) is 9.18. The smallest absolute Gasteiger partial charge is 0.227 e. The summed E-state index contributed by atoms with van der Waals surface area (Å²) in [5.41, 5.74) is 3.30. The number of ketones is 1. The van der Waals surface area contributed by atoms with E-state index in [0.29, 0.717) is 41.1 Å². The molecule has 1 N–H and O–H groups in total. The van der Waals surface area contributed by atoms with E-state index in [1.54, 1.807) is 6.07 Å². The Labute approximate surface area is 170 Å². The number of nitrogens with zero attached hydrogens (tertiary/aromatic N) is 1. The Bertz CT molecular complexity index is 945. The third kappa shape index (κ3) is 5.09. The predicted molar refractivity (Wildman–Crippen MR) is 111 cm³/mol. The van der Waals surface area contributed by atoms with Crippen LogP contribution < -0.4 is 0 Å². The maximum atomic E-state index is 12.4. The van der Waals surface area contributed by atoms with Crippen molar-refractivity contribution in [1.29, 1.82) is 0 Å². The molecule has 0 amide bonds. The molecule has 5 heteroatoms. The van der Waals surface area contributed by atoms with Crippen molar-refractivity contribution in [2.75, 3.05) is 6.61 Å². The highest BCUT2D eigenvalue weighted by Gasteiger charge is 2.19. The van der Waals surface area contributed by atoms with E-state index in [4.69, 9.17) is 21.1 Å². The summed E-state index contributed by atoms with van der Waals surface area (Å²) in [4.78, 5) is 17.0. The van der Waals surface area contributed by atoms with Gasteiger partial charge >= 0.3 is 0 Å². The number of Topliss-reactive ketones (excluding diaryl/α,β-unsaturated/α-hetero) is 1. The summed E-state index contributed by atoms with van der Waals surface area (Å²) < 4.78 is 6.08. The fourth-order valence-electron chi connectivity index (χ4n) is 3.11. The van der Waals surface area contributed by atoms with Crippen molar-refractivity contribution < 1.29 is 14.3 Å². The zero-order valence-electron chi connectivity index (χ0n) is 16.1. The molecule has 0 radical (unpaired) electrons. The molecule has 1 aromatic heterocycles. The van der Waals surface area contributed by atoms with E-state index in [1.165, 1.54) is 0 Å². The van der Waals surface area contributed by atoms with Gasteiger partial charge in [-0.25, -0.2) is 4.98 Å². The molecule has 0 atom stereocenters. The second-order valence-corrected chi connectivity index (χ2v) is 7.73. The second-order valence-electron chi connectivity index (χ2n) is 7.29. The largest absolute Gasteiger partial charge is 0.436 e. The lowest BCUT2D eigenvalue weighted by molar-refractivity contribution is -0.119. The first-order chi connectivity index (χ1) is 13.5. The molecule has 4 nitrogen and oxygen atoms in total. The van der Waals surface area contributed by atoms with Crippen molar-refractivity contribution in [1.82, 2.24) is 4.98 Å². The number of rotatable bonds is 8. The third-order valence-electron chi connectivity index (χ3n) is 4.39. The normalized spacial score (nSPS) is 11.2. The number of hydrogen-bond acceptors (Lipinski definition) is 4. The quantitative estimate of drug-likeness (QED) is 0.556. The zero-order valence-corrected chi connectivity index (χ0v) is 16.9. The van der Waals surface area contributed by atoms with Crippen molar-refractivity contribution in [2.24, 2.45) is 5.92 Å². The van der Waals surface area contributed by atoms with Gasteiger partial charge in [0, 0.05) is 29.2 Å². The molecule has 0 fully saturated rings. The lowest BCUT2D eigenvalue weighted by atomic mass is 10.0. The van der Waals surface area contributed by atoms with Gasteiger partial charge in [0.15, 0.2) is 5.76 Å². The SMILES string of the molecule is CC(C)CC(=O)Cc1nc(-c2ccc(CCO)cc2)oc1-c1cccc(Cl)c1. The van der Waals surface area contributed by atoms with E-state index in [9.17, 15) is 4.79 Å². The van der Waals surface area contributed by atoms with Crippen LogP contribution in [-0.2, 0) is 17.6 Å². The molecule has 0 saturated carbocycles. The number of benzene rings is 2. The lowest BCUT2D eigenvalue weighted by Crippen LogP contribution is -2.07. The molecule has 2 aromatic carbocycles. The number of aromatic nitrogens is 1. The molecule has 0 unspecified atom stereocenters. The van der Waals surface area contributed by atoms with Gasteiger partial charge in [-0.15, -0.1) is 0 Å². The van der Waals surface area contributed by atoms with Crippen LogP contribution >= 0.6 is 11.6 Å². The molecule has 0 saturated heterocycles. The molecule has 3 rings (SSSR count). The first-order valence-corrected chi connectivity index (χ1v) is 9.81. The van der Waals surface area contributed by atoms with Crippen molar-refractivity contribution in [3.8, 4) is 22.8 Å². The first kappa shape index (κ1) is 20.3. The molecule has 1 heterocycles. The van der Waals surface area contributed by atoms with Gasteiger partial charge in [-0.1, -0.05) is 49.7 Å². The lowest BCUT2D eigenvalue weighted by Gasteiger charge is -2.04. The predicted octanol–water partition coefficient (Wildman–Crippen LogP) is 5.35. The van der Waals surface area contributed by atoms with E-state index < -0.39 is 0 Å². The number of hydrogen-bond donors (Lipinski definition) is 1. The highest BCUT2D eigenvalue weighted by atomic mass is 35.5. The number of carbonyl (C=O) groups is 1. The van der Waals surface area contributed by atoms with E-state index in [1.807, 2.05) is 56.3 Å². The fourth-order valence-corrected chi connectivity index (χ4v) is 3.30. The van der Waals surface area contributed by atoms with Gasteiger partial charge in [0.1, 0.15) is 5.78 Å². The maximum Gasteiger partial charge on any atom is 0.227 e. The van der Waals surface area contributed by atoms with Crippen LogP contribution in [0.5, 0.6) is 0 Å². The molecular formula is C23H24ClNO3. The summed E-state index contributed by atoms with van der Waals surface area (Å²) in [6, 6.07) is 15.1. The minimum atomic E-state index is 0.110. The molecule has 0 aliphatic rings. The highest BCUT2D eigenvalue weighted by molar-refractivity contribution is 6.30. The van der Waals surface area contributed by atoms with Gasteiger partial charge in [-0.05, 0) is 42.2 Å². The van der Waals surface area contributed by atoms with Crippen LogP contribution in [0.4, 0.5) is 0 Å². The van der Waals surface area contributed by atoms with Crippen LogP contribution in [0.1, 0.15) is 31.5 Å². The molecule has 3 aromatic rings. The summed E-state index contributed by atoms with van der Waals surface area (Å²) >= 11 is 6.14. The molecule has 146 valence electrons. The van der Waals surface area contributed by atoms with Crippen LogP contribution in [0, 0.1) is 5.92 Å². The summed E-state index contributed by atoms with van der Waals surface area (Å²) in [5.74, 6) is 1.48. The minimum Gasteiger partial charge on any atom is -0.436 e. The Morgan fingerprint density at radius 2 is 1.89 bits per heavy atom. The van der Waals surface area contributed by atoms with Crippen molar-refractivity contribution in [2.45, 2.75) is 33.1 Å². The van der Waals surface area contributed by atoms with Crippen LogP contribution in [0.25, 0.3) is 22.8 Å². The maximum absolute atomic E-state index is 12.4. The molecule has 0 aliphatic heterocycles. The minimum absolute atomic E-state index is 0.110. The van der Waals surface area contributed by atoms with E-state index >= 15 is 0 Å². The summed E-state index contributed by atoms with van der Waals surface area (Å²) in [6.45, 7) is 4.16. The number of aliphatic hydroxyl groups is 1. The van der Waals surface area contributed by atoms with Crippen LogP contribution in [-0.4, -0.2) is 22.5 Å². The van der Waals surface area contributed by atoms with Crippen molar-refractivity contribution in [3.05, 3.63) is 64.8 Å². The van der Waals surface area contributed by atoms with Gasteiger partial charge in [0.05, 0.1) is 12.1 Å². The Morgan fingerprint density at radius 1 is 1.14 bits per heavy atom. The van der Waals surface area contributed by atoms with Crippen LogP contribution in [0.2, 0.25) is 5.02 Å². The Morgan fingerprint density at radius 3 is 2.54 bits per heavy atom. The van der Waals surface area contributed by atoms with Crippen LogP contribution in [0.15, 0.2) is 52.9 Å². The summed E-state index contributed by atoms with van der Waals surface area (Å²) in [6.07, 6.45) is 1.34. The Kier molecular flexibility index (Phi) is 6.65. The Hall–Kier alpha value is -2.43. The molecule has 0 aliphatic carbocycles. The standard InChI is InChI=1S/C23H24ClNO3/c1-15(2)12-20(27)14-21-22(18-4-3-5-19(24)13-18)28-23(25-21)17-8-6-16(7-9-17)10-11-26/h3-9,13,15,26H,10-12,14H2,1-2H3. The monoisotopic (exact) mass is 397 g/mol. The molecular weight excluding hydrogens is 374 g/mol. The van der Waals surface area contributed by atoms with E-state index in [0.717, 1.165) is 16.7 Å². The average Bonchev–Trinajstić information content (AvgIpc) is 3.05. The molecule has 28 heavy (non-hydrogen) atoms. The summed E-state index contributed by atoms with van der Waals surface area (Å²) in [7, 11) is 0.